The number of nitrogens with two attached hydrogens (primary N) is 2. The molecule has 4 nitrogen and oxygen atoms in total. The quantitative estimate of drug-likeness (QED) is 0.737. The normalized spacial score (nSPS) is 10.4. The van der Waals surface area contributed by atoms with Crippen LogP contribution in [0.2, 0.25) is 0 Å². The number of nitrogen functional groups attached to an aromatic ring is 2. The minimum absolute atomic E-state index is 0.754. The van der Waals surface area contributed by atoms with Gasteiger partial charge in [0.1, 0.15) is 0 Å². The standard InChI is InChI=1S/C11H14N4/c12-10-1-2-11(13)9(7-10)3-5-15-6-4-14-8-15/h1-2,4,6-8H,3,5,12-13H2. The van der Waals surface area contributed by atoms with E-state index in [2.05, 4.69) is 4.98 Å². The number of hydrogen-bond acceptors (Lipinski definition) is 3. The molecule has 2 rings (SSSR count). The van der Waals surface area contributed by atoms with Crippen LogP contribution in [0.3, 0.4) is 0 Å². The van der Waals surface area contributed by atoms with E-state index < -0.39 is 0 Å². The summed E-state index contributed by atoms with van der Waals surface area (Å²) in [5, 5.41) is 0. The molecule has 1 aromatic heterocycles. The molecular formula is C11H14N4. The zero-order valence-corrected chi connectivity index (χ0v) is 8.43. The van der Waals surface area contributed by atoms with Crippen LogP contribution in [-0.2, 0) is 13.0 Å². The monoisotopic (exact) mass is 202 g/mol. The number of anilines is 2. The van der Waals surface area contributed by atoms with Gasteiger partial charge in [0.15, 0.2) is 0 Å². The highest BCUT2D eigenvalue weighted by atomic mass is 15.0. The number of rotatable bonds is 3. The van der Waals surface area contributed by atoms with Crippen LogP contribution in [0.5, 0.6) is 0 Å². The molecule has 0 bridgehead atoms. The van der Waals surface area contributed by atoms with E-state index in [0.29, 0.717) is 0 Å². The molecule has 78 valence electrons. The second-order valence-electron chi connectivity index (χ2n) is 3.51. The van der Waals surface area contributed by atoms with E-state index in [1.54, 1.807) is 12.5 Å². The van der Waals surface area contributed by atoms with Crippen molar-refractivity contribution in [1.29, 1.82) is 0 Å². The van der Waals surface area contributed by atoms with Gasteiger partial charge < -0.3 is 16.0 Å². The lowest BCUT2D eigenvalue weighted by atomic mass is 10.1. The molecule has 0 radical (unpaired) electrons. The van der Waals surface area contributed by atoms with Crippen LogP contribution < -0.4 is 11.5 Å². The van der Waals surface area contributed by atoms with E-state index in [1.807, 2.05) is 29.0 Å². The molecule has 0 saturated heterocycles. The van der Waals surface area contributed by atoms with Crippen molar-refractivity contribution >= 4 is 11.4 Å². The summed E-state index contributed by atoms with van der Waals surface area (Å²) in [6, 6.07) is 5.58. The Morgan fingerprint density at radius 3 is 2.87 bits per heavy atom. The Hall–Kier alpha value is -1.97. The maximum Gasteiger partial charge on any atom is 0.0946 e. The maximum atomic E-state index is 5.85. The summed E-state index contributed by atoms with van der Waals surface area (Å²) in [7, 11) is 0. The lowest BCUT2D eigenvalue weighted by molar-refractivity contribution is 0.697. The van der Waals surface area contributed by atoms with Gasteiger partial charge in [0.05, 0.1) is 6.33 Å². The Balaban J connectivity index is 2.07. The first-order valence-electron chi connectivity index (χ1n) is 4.85. The van der Waals surface area contributed by atoms with E-state index in [-0.39, 0.29) is 0 Å². The van der Waals surface area contributed by atoms with Crippen LogP contribution in [0, 0.1) is 0 Å². The Bertz CT molecular complexity index is 434. The van der Waals surface area contributed by atoms with Crippen LogP contribution in [0.4, 0.5) is 11.4 Å². The van der Waals surface area contributed by atoms with Gasteiger partial charge >= 0.3 is 0 Å². The molecular weight excluding hydrogens is 188 g/mol. The molecule has 0 aliphatic heterocycles. The number of imidazole rings is 1. The molecule has 0 fully saturated rings. The van der Waals surface area contributed by atoms with Gasteiger partial charge in [0, 0.05) is 30.3 Å². The predicted octanol–water partition coefficient (Wildman–Crippen LogP) is 1.29. The first-order valence-corrected chi connectivity index (χ1v) is 4.85. The molecule has 4 heteroatoms. The van der Waals surface area contributed by atoms with Gasteiger partial charge in [-0.05, 0) is 30.2 Å². The highest BCUT2D eigenvalue weighted by molar-refractivity contribution is 5.55. The largest absolute Gasteiger partial charge is 0.399 e. The van der Waals surface area contributed by atoms with Crippen LogP contribution >= 0.6 is 0 Å². The van der Waals surface area contributed by atoms with E-state index in [4.69, 9.17) is 11.5 Å². The van der Waals surface area contributed by atoms with Crippen LogP contribution in [0.15, 0.2) is 36.9 Å². The van der Waals surface area contributed by atoms with Crippen molar-refractivity contribution in [3.05, 3.63) is 42.5 Å². The third-order valence-corrected chi connectivity index (χ3v) is 2.37. The summed E-state index contributed by atoms with van der Waals surface area (Å²) in [5.41, 5.74) is 14.2. The molecule has 0 aliphatic rings. The smallest absolute Gasteiger partial charge is 0.0946 e. The lowest BCUT2D eigenvalue weighted by Gasteiger charge is -2.07. The molecule has 0 amide bonds. The summed E-state index contributed by atoms with van der Waals surface area (Å²) in [6.45, 7) is 0.869. The number of nitrogens with zero attached hydrogens (tertiary/aromatic N) is 2. The van der Waals surface area contributed by atoms with E-state index in [0.717, 1.165) is 29.9 Å². The average Bonchev–Trinajstić information content (AvgIpc) is 2.72. The van der Waals surface area contributed by atoms with Crippen molar-refractivity contribution < 1.29 is 0 Å². The van der Waals surface area contributed by atoms with Gasteiger partial charge in [0.2, 0.25) is 0 Å². The second kappa shape index (κ2) is 4.04. The van der Waals surface area contributed by atoms with E-state index >= 15 is 0 Å². The lowest BCUT2D eigenvalue weighted by Crippen LogP contribution is -2.02. The van der Waals surface area contributed by atoms with Crippen LogP contribution in [-0.4, -0.2) is 9.55 Å². The number of aromatic nitrogens is 2. The Labute approximate surface area is 88.5 Å². The Kier molecular flexibility index (Phi) is 2.58. The SMILES string of the molecule is Nc1ccc(N)c(CCn2ccnc2)c1. The van der Waals surface area contributed by atoms with Crippen molar-refractivity contribution in [3.8, 4) is 0 Å². The fourth-order valence-corrected chi connectivity index (χ4v) is 1.51. The van der Waals surface area contributed by atoms with Crippen molar-refractivity contribution in [2.75, 3.05) is 11.5 Å². The maximum absolute atomic E-state index is 5.85. The van der Waals surface area contributed by atoms with Crippen molar-refractivity contribution in [1.82, 2.24) is 9.55 Å². The van der Waals surface area contributed by atoms with Gasteiger partial charge in [-0.1, -0.05) is 0 Å². The summed E-state index contributed by atoms with van der Waals surface area (Å²) in [4.78, 5) is 3.98. The van der Waals surface area contributed by atoms with Crippen molar-refractivity contribution in [3.63, 3.8) is 0 Å². The van der Waals surface area contributed by atoms with Crippen LogP contribution in [0.25, 0.3) is 0 Å². The van der Waals surface area contributed by atoms with Gasteiger partial charge in [-0.3, -0.25) is 0 Å². The Morgan fingerprint density at radius 2 is 2.13 bits per heavy atom. The van der Waals surface area contributed by atoms with Gasteiger partial charge in [-0.2, -0.15) is 0 Å². The number of benzene rings is 1. The topological polar surface area (TPSA) is 69.9 Å². The van der Waals surface area contributed by atoms with Crippen molar-refractivity contribution in [2.45, 2.75) is 13.0 Å². The number of hydrogen-bond donors (Lipinski definition) is 2. The van der Waals surface area contributed by atoms with Gasteiger partial charge in [0.25, 0.3) is 0 Å². The molecule has 15 heavy (non-hydrogen) atoms. The highest BCUT2D eigenvalue weighted by Crippen LogP contribution is 2.16. The molecule has 1 aromatic carbocycles. The molecule has 0 aliphatic carbocycles. The third-order valence-electron chi connectivity index (χ3n) is 2.37. The third kappa shape index (κ3) is 2.28. The molecule has 0 saturated carbocycles. The average molecular weight is 202 g/mol. The first-order chi connectivity index (χ1) is 7.25. The number of aryl methyl sites for hydroxylation is 2. The fourth-order valence-electron chi connectivity index (χ4n) is 1.51. The summed E-state index contributed by atoms with van der Waals surface area (Å²) < 4.78 is 2.02. The minimum atomic E-state index is 0.754. The predicted molar refractivity (Wildman–Crippen MR) is 61.2 cm³/mol. The molecule has 0 atom stereocenters. The van der Waals surface area contributed by atoms with Crippen molar-refractivity contribution in [2.24, 2.45) is 0 Å². The molecule has 1 heterocycles. The zero-order valence-electron chi connectivity index (χ0n) is 8.43. The Morgan fingerprint density at radius 1 is 1.27 bits per heavy atom. The van der Waals surface area contributed by atoms with E-state index in [9.17, 15) is 0 Å². The van der Waals surface area contributed by atoms with Gasteiger partial charge in [-0.15, -0.1) is 0 Å². The summed E-state index contributed by atoms with van der Waals surface area (Å²) in [5.74, 6) is 0. The zero-order chi connectivity index (χ0) is 10.7. The molecule has 0 spiro atoms. The fraction of sp³-hybridized carbons (Fsp3) is 0.182. The second-order valence-corrected chi connectivity index (χ2v) is 3.51. The summed E-state index contributed by atoms with van der Waals surface area (Å²) in [6.07, 6.45) is 6.36. The molecule has 0 unspecified atom stereocenters. The first kappa shape index (κ1) is 9.58. The van der Waals surface area contributed by atoms with Crippen LogP contribution in [0.1, 0.15) is 5.56 Å². The minimum Gasteiger partial charge on any atom is -0.399 e. The molecule has 2 aromatic rings. The summed E-state index contributed by atoms with van der Waals surface area (Å²) >= 11 is 0. The molecule has 4 N–H and O–H groups in total. The van der Waals surface area contributed by atoms with E-state index in [1.165, 1.54) is 0 Å². The van der Waals surface area contributed by atoms with Gasteiger partial charge in [-0.25, -0.2) is 4.98 Å². The highest BCUT2D eigenvalue weighted by Gasteiger charge is 2.00.